The highest BCUT2D eigenvalue weighted by Gasteiger charge is 2.42. The molecule has 2 aromatic rings. The lowest BCUT2D eigenvalue weighted by atomic mass is 9.66. The average molecular weight is 515 g/mol. The lowest BCUT2D eigenvalue weighted by molar-refractivity contribution is -0.137. The monoisotopic (exact) mass is 514 g/mol. The molecule has 1 aromatic carbocycles. The number of halogens is 1. The fraction of sp³-hybridized carbons (Fsp3) is 0.621. The van der Waals surface area contributed by atoms with Crippen LogP contribution in [-0.4, -0.2) is 22.1 Å². The van der Waals surface area contributed by atoms with Gasteiger partial charge in [-0.25, -0.2) is 0 Å². The second-order valence-corrected chi connectivity index (χ2v) is 12.1. The molecule has 0 bridgehead atoms. The van der Waals surface area contributed by atoms with E-state index in [1.165, 1.54) is 12.8 Å². The van der Waals surface area contributed by atoms with Crippen molar-refractivity contribution in [2.24, 2.45) is 11.3 Å². The Kier molecular flexibility index (Phi) is 8.13. The number of amides is 1. The molecule has 0 unspecified atom stereocenters. The van der Waals surface area contributed by atoms with Crippen molar-refractivity contribution in [2.45, 2.75) is 103 Å². The summed E-state index contributed by atoms with van der Waals surface area (Å²) >= 11 is 6.31. The first-order chi connectivity index (χ1) is 17.1. The molecule has 1 amide bonds. The molecule has 1 aromatic heterocycles. The number of aliphatic carboxylic acids is 1. The summed E-state index contributed by atoms with van der Waals surface area (Å²) in [4.78, 5) is 24.4. The predicted octanol–water partition coefficient (Wildman–Crippen LogP) is 7.81. The zero-order chi connectivity index (χ0) is 26.0. The van der Waals surface area contributed by atoms with Crippen molar-refractivity contribution in [3.05, 3.63) is 45.8 Å². The highest BCUT2D eigenvalue weighted by molar-refractivity contribution is 6.33. The maximum atomic E-state index is 13.0. The van der Waals surface area contributed by atoms with Crippen LogP contribution in [0.1, 0.15) is 119 Å². The molecule has 1 atom stereocenters. The Bertz CT molecular complexity index is 1100. The first kappa shape index (κ1) is 26.7. The van der Waals surface area contributed by atoms with Gasteiger partial charge in [0.1, 0.15) is 5.76 Å². The molecular weight excluding hydrogens is 476 g/mol. The van der Waals surface area contributed by atoms with Gasteiger partial charge in [-0.2, -0.15) is 0 Å². The predicted molar refractivity (Wildman–Crippen MR) is 142 cm³/mol. The molecule has 0 radical (unpaired) electrons. The van der Waals surface area contributed by atoms with Gasteiger partial charge >= 0.3 is 5.97 Å². The van der Waals surface area contributed by atoms with Crippen molar-refractivity contribution in [3.63, 3.8) is 0 Å². The standard InChI is InChI=1S/C29H39ClN2O4/c1-5-29(3,4)16-18-13-21(14-18)28-26(19-7-8-19)27(32-36-28)20(9-11-25(34)35)15-24(33)31-23-10-6-17(2)12-22(23)30/h6,10,12,18-21H,5,7-9,11,13-16H2,1-4H3,(H,31,33)(H,34,35)/t18-,20-,21-/m0/s1. The van der Waals surface area contributed by atoms with Crippen LogP contribution in [-0.2, 0) is 9.59 Å². The molecule has 0 aliphatic heterocycles. The van der Waals surface area contributed by atoms with E-state index in [2.05, 4.69) is 31.2 Å². The van der Waals surface area contributed by atoms with Crippen LogP contribution >= 0.6 is 11.6 Å². The number of benzene rings is 1. The molecule has 0 saturated heterocycles. The molecule has 7 heteroatoms. The average Bonchev–Trinajstić information content (AvgIpc) is 3.54. The van der Waals surface area contributed by atoms with Crippen molar-refractivity contribution in [3.8, 4) is 0 Å². The van der Waals surface area contributed by atoms with Crippen LogP contribution in [0.4, 0.5) is 5.69 Å². The Morgan fingerprint density at radius 1 is 1.25 bits per heavy atom. The van der Waals surface area contributed by atoms with Crippen molar-refractivity contribution in [1.82, 2.24) is 5.16 Å². The molecule has 2 saturated carbocycles. The van der Waals surface area contributed by atoms with Gasteiger partial charge in [-0.1, -0.05) is 50.0 Å². The number of carbonyl (C=O) groups excluding carboxylic acids is 1. The number of nitrogens with one attached hydrogen (secondary N) is 1. The third-order valence-electron chi connectivity index (χ3n) is 8.10. The third-order valence-corrected chi connectivity index (χ3v) is 8.41. The molecule has 1 heterocycles. The Balaban J connectivity index is 1.50. The van der Waals surface area contributed by atoms with E-state index in [0.717, 1.165) is 48.3 Å². The molecule has 6 nitrogen and oxygen atoms in total. The van der Waals surface area contributed by atoms with Gasteiger partial charge in [0.15, 0.2) is 0 Å². The van der Waals surface area contributed by atoms with Crippen LogP contribution in [0.25, 0.3) is 0 Å². The van der Waals surface area contributed by atoms with E-state index in [-0.39, 0.29) is 24.7 Å². The molecule has 2 aliphatic carbocycles. The van der Waals surface area contributed by atoms with Gasteiger partial charge in [-0.3, -0.25) is 9.59 Å². The number of aromatic nitrogens is 1. The first-order valence-corrected chi connectivity index (χ1v) is 13.7. The van der Waals surface area contributed by atoms with Crippen molar-refractivity contribution < 1.29 is 19.2 Å². The summed E-state index contributed by atoms with van der Waals surface area (Å²) in [5.74, 6) is 1.09. The van der Waals surface area contributed by atoms with E-state index in [1.54, 1.807) is 6.07 Å². The number of aryl methyl sites for hydroxylation is 1. The van der Waals surface area contributed by atoms with Crippen LogP contribution in [0.3, 0.4) is 0 Å². The van der Waals surface area contributed by atoms with Gasteiger partial charge in [-0.15, -0.1) is 0 Å². The lowest BCUT2D eigenvalue weighted by Gasteiger charge is -2.39. The molecule has 4 rings (SSSR count). The van der Waals surface area contributed by atoms with Gasteiger partial charge in [0.05, 0.1) is 16.4 Å². The molecule has 2 fully saturated rings. The molecule has 2 aliphatic rings. The molecule has 196 valence electrons. The smallest absolute Gasteiger partial charge is 0.303 e. The van der Waals surface area contributed by atoms with Crippen LogP contribution < -0.4 is 5.32 Å². The highest BCUT2D eigenvalue weighted by atomic mass is 35.5. The second-order valence-electron chi connectivity index (χ2n) is 11.7. The SMILES string of the molecule is CCC(C)(C)C[C@H]1C[C@H](c2onc([C@@H](CCC(=O)O)CC(=O)Nc3ccc(C)cc3Cl)c2C2CC2)C1. The highest BCUT2D eigenvalue weighted by Crippen LogP contribution is 2.53. The summed E-state index contributed by atoms with van der Waals surface area (Å²) in [5.41, 5.74) is 3.87. The van der Waals surface area contributed by atoms with E-state index in [1.807, 2.05) is 19.1 Å². The number of carboxylic acid groups (broad SMARTS) is 1. The van der Waals surface area contributed by atoms with Crippen LogP contribution in [0.15, 0.2) is 22.7 Å². The Morgan fingerprint density at radius 2 is 1.97 bits per heavy atom. The van der Waals surface area contributed by atoms with Gasteiger partial charge in [0, 0.05) is 30.2 Å². The van der Waals surface area contributed by atoms with Crippen molar-refractivity contribution in [1.29, 1.82) is 0 Å². The number of hydrogen-bond donors (Lipinski definition) is 2. The maximum absolute atomic E-state index is 13.0. The van der Waals surface area contributed by atoms with Gasteiger partial charge < -0.3 is 14.9 Å². The van der Waals surface area contributed by atoms with Gasteiger partial charge in [-0.05, 0) is 80.4 Å². The van der Waals surface area contributed by atoms with Crippen LogP contribution in [0, 0.1) is 18.3 Å². The zero-order valence-corrected chi connectivity index (χ0v) is 22.7. The van der Waals surface area contributed by atoms with E-state index in [4.69, 9.17) is 16.1 Å². The van der Waals surface area contributed by atoms with E-state index in [0.29, 0.717) is 40.3 Å². The topological polar surface area (TPSA) is 92.4 Å². The summed E-state index contributed by atoms with van der Waals surface area (Å²) in [6, 6.07) is 5.49. The summed E-state index contributed by atoms with van der Waals surface area (Å²) in [6.45, 7) is 8.87. The maximum Gasteiger partial charge on any atom is 0.303 e. The first-order valence-electron chi connectivity index (χ1n) is 13.3. The van der Waals surface area contributed by atoms with Gasteiger partial charge in [0.2, 0.25) is 5.91 Å². The lowest BCUT2D eigenvalue weighted by Crippen LogP contribution is -2.27. The Hall–Kier alpha value is -2.34. The summed E-state index contributed by atoms with van der Waals surface area (Å²) in [7, 11) is 0. The van der Waals surface area contributed by atoms with Gasteiger partial charge in [0.25, 0.3) is 0 Å². The minimum absolute atomic E-state index is 0.0207. The van der Waals surface area contributed by atoms with E-state index < -0.39 is 5.97 Å². The molecule has 0 spiro atoms. The van der Waals surface area contributed by atoms with Crippen molar-refractivity contribution in [2.75, 3.05) is 5.32 Å². The number of carbonyl (C=O) groups is 2. The number of nitrogens with zero attached hydrogens (tertiary/aromatic N) is 1. The van der Waals surface area contributed by atoms with E-state index in [9.17, 15) is 14.7 Å². The number of hydrogen-bond acceptors (Lipinski definition) is 4. The quantitative estimate of drug-likeness (QED) is 0.301. The number of anilines is 1. The summed E-state index contributed by atoms with van der Waals surface area (Å²) in [5, 5.41) is 17.2. The zero-order valence-electron chi connectivity index (χ0n) is 21.9. The normalized spacial score (nSPS) is 20.6. The molecule has 36 heavy (non-hydrogen) atoms. The van der Waals surface area contributed by atoms with Crippen LogP contribution in [0.5, 0.6) is 0 Å². The Labute approximate surface area is 219 Å². The minimum atomic E-state index is -0.876. The third kappa shape index (κ3) is 6.50. The van der Waals surface area contributed by atoms with Crippen LogP contribution in [0.2, 0.25) is 5.02 Å². The largest absolute Gasteiger partial charge is 0.481 e. The molecule has 2 N–H and O–H groups in total. The fourth-order valence-electron chi connectivity index (χ4n) is 5.52. The fourth-order valence-corrected chi connectivity index (χ4v) is 5.80. The second kappa shape index (κ2) is 11.0. The van der Waals surface area contributed by atoms with E-state index >= 15 is 0 Å². The summed E-state index contributed by atoms with van der Waals surface area (Å²) in [6.07, 6.45) is 7.28. The molecular formula is C29H39ClN2O4. The van der Waals surface area contributed by atoms with Crippen molar-refractivity contribution >= 4 is 29.2 Å². The number of rotatable bonds is 12. The Morgan fingerprint density at radius 3 is 2.58 bits per heavy atom. The number of carboxylic acids is 1. The minimum Gasteiger partial charge on any atom is -0.481 e. The summed E-state index contributed by atoms with van der Waals surface area (Å²) < 4.78 is 5.98.